The van der Waals surface area contributed by atoms with Gasteiger partial charge in [-0.1, -0.05) is 12.1 Å². The lowest BCUT2D eigenvalue weighted by atomic mass is 9.99. The van der Waals surface area contributed by atoms with Crippen molar-refractivity contribution in [1.82, 2.24) is 15.4 Å². The fourth-order valence-corrected chi connectivity index (χ4v) is 2.29. The van der Waals surface area contributed by atoms with Crippen LogP contribution in [0.15, 0.2) is 16.8 Å². The molecule has 1 aliphatic rings. The first-order valence-electron chi connectivity index (χ1n) is 6.21. The predicted octanol–water partition coefficient (Wildman–Crippen LogP) is 1.50. The normalized spacial score (nSPS) is 21.5. The van der Waals surface area contributed by atoms with Crippen molar-refractivity contribution in [1.29, 1.82) is 0 Å². The van der Waals surface area contributed by atoms with Crippen LogP contribution in [0.5, 0.6) is 0 Å². The summed E-state index contributed by atoms with van der Waals surface area (Å²) in [6.45, 7) is 7.65. The molecule has 1 fully saturated rings. The summed E-state index contributed by atoms with van der Waals surface area (Å²) in [5, 5.41) is 7.20. The van der Waals surface area contributed by atoms with Crippen molar-refractivity contribution >= 4 is 0 Å². The molecule has 1 aliphatic heterocycles. The molecule has 0 amide bonds. The van der Waals surface area contributed by atoms with E-state index < -0.39 is 0 Å². The van der Waals surface area contributed by atoms with Gasteiger partial charge in [-0.2, -0.15) is 0 Å². The molecule has 0 radical (unpaired) electrons. The van der Waals surface area contributed by atoms with Crippen molar-refractivity contribution in [3.63, 3.8) is 0 Å². The second-order valence-electron chi connectivity index (χ2n) is 4.52. The molecule has 16 heavy (non-hydrogen) atoms. The summed E-state index contributed by atoms with van der Waals surface area (Å²) in [5.41, 5.74) is 0. The molecule has 1 atom stereocenters. The average Bonchev–Trinajstić information content (AvgIpc) is 2.82. The Labute approximate surface area is 97.0 Å². The molecule has 1 unspecified atom stereocenters. The largest absolute Gasteiger partial charge is 0.360 e. The summed E-state index contributed by atoms with van der Waals surface area (Å²) in [6.07, 6.45) is 4.37. The van der Waals surface area contributed by atoms with Gasteiger partial charge in [-0.25, -0.2) is 0 Å². The van der Waals surface area contributed by atoms with Crippen LogP contribution in [0.3, 0.4) is 0 Å². The number of nitrogens with zero attached hydrogens (tertiary/aromatic N) is 2. The first kappa shape index (κ1) is 11.6. The van der Waals surface area contributed by atoms with E-state index >= 15 is 0 Å². The number of nitrogens with one attached hydrogen (secondary N) is 1. The van der Waals surface area contributed by atoms with Crippen LogP contribution in [0.25, 0.3) is 0 Å². The zero-order valence-corrected chi connectivity index (χ0v) is 9.98. The van der Waals surface area contributed by atoms with E-state index in [2.05, 4.69) is 22.3 Å². The first-order chi connectivity index (χ1) is 7.88. The molecule has 0 spiro atoms. The van der Waals surface area contributed by atoms with Gasteiger partial charge in [-0.05, 0) is 38.4 Å². The SMILES string of the molecule is CCN(Cc1ccno1)CC1CCCNC1. The Hall–Kier alpha value is -0.870. The van der Waals surface area contributed by atoms with Gasteiger partial charge in [0.15, 0.2) is 5.76 Å². The van der Waals surface area contributed by atoms with E-state index in [1.54, 1.807) is 6.20 Å². The summed E-state index contributed by atoms with van der Waals surface area (Å²) in [4.78, 5) is 2.43. The number of hydrogen-bond donors (Lipinski definition) is 1. The van der Waals surface area contributed by atoms with Gasteiger partial charge < -0.3 is 9.84 Å². The lowest BCUT2D eigenvalue weighted by Crippen LogP contribution is -2.38. The highest BCUT2D eigenvalue weighted by Gasteiger charge is 2.16. The first-order valence-corrected chi connectivity index (χ1v) is 6.21. The summed E-state index contributed by atoms with van der Waals surface area (Å²) in [5.74, 6) is 1.75. The van der Waals surface area contributed by atoms with Crippen LogP contribution in [-0.2, 0) is 6.54 Å². The maximum atomic E-state index is 5.15. The average molecular weight is 223 g/mol. The van der Waals surface area contributed by atoms with Gasteiger partial charge in [-0.3, -0.25) is 4.90 Å². The standard InChI is InChI=1S/C12H21N3O/c1-2-15(10-12-5-7-14-16-12)9-11-4-3-6-13-8-11/h5,7,11,13H,2-4,6,8-10H2,1H3. The van der Waals surface area contributed by atoms with Crippen molar-refractivity contribution in [2.75, 3.05) is 26.2 Å². The molecular formula is C12H21N3O. The second-order valence-corrected chi connectivity index (χ2v) is 4.52. The van der Waals surface area contributed by atoms with Crippen LogP contribution < -0.4 is 5.32 Å². The molecule has 90 valence electrons. The second kappa shape index (κ2) is 6.01. The number of piperidine rings is 1. The van der Waals surface area contributed by atoms with Gasteiger partial charge in [0, 0.05) is 12.6 Å². The third-order valence-electron chi connectivity index (χ3n) is 3.23. The highest BCUT2D eigenvalue weighted by Crippen LogP contribution is 2.13. The minimum atomic E-state index is 0.789. The molecule has 1 saturated heterocycles. The molecule has 0 aliphatic carbocycles. The van der Waals surface area contributed by atoms with Crippen molar-refractivity contribution < 1.29 is 4.52 Å². The Morgan fingerprint density at radius 3 is 3.19 bits per heavy atom. The van der Waals surface area contributed by atoms with Gasteiger partial charge >= 0.3 is 0 Å². The molecule has 4 heteroatoms. The Morgan fingerprint density at radius 2 is 2.56 bits per heavy atom. The van der Waals surface area contributed by atoms with E-state index in [9.17, 15) is 0 Å². The molecule has 4 nitrogen and oxygen atoms in total. The van der Waals surface area contributed by atoms with Crippen molar-refractivity contribution in [2.24, 2.45) is 5.92 Å². The fourth-order valence-electron chi connectivity index (χ4n) is 2.29. The van der Waals surface area contributed by atoms with E-state index in [1.165, 1.54) is 19.4 Å². The lowest BCUT2D eigenvalue weighted by molar-refractivity contribution is 0.190. The maximum Gasteiger partial charge on any atom is 0.150 e. The molecular weight excluding hydrogens is 202 g/mol. The van der Waals surface area contributed by atoms with Crippen molar-refractivity contribution in [2.45, 2.75) is 26.3 Å². The van der Waals surface area contributed by atoms with Crippen molar-refractivity contribution in [3.8, 4) is 0 Å². The van der Waals surface area contributed by atoms with Crippen LogP contribution in [0.2, 0.25) is 0 Å². The lowest BCUT2D eigenvalue weighted by Gasteiger charge is -2.28. The third kappa shape index (κ3) is 3.32. The number of rotatable bonds is 5. The van der Waals surface area contributed by atoms with Gasteiger partial charge in [0.2, 0.25) is 0 Å². The molecule has 1 aromatic heterocycles. The van der Waals surface area contributed by atoms with Crippen LogP contribution in [0, 0.1) is 5.92 Å². The molecule has 2 heterocycles. The molecule has 1 N–H and O–H groups in total. The Kier molecular flexibility index (Phi) is 4.36. The van der Waals surface area contributed by atoms with Gasteiger partial charge in [-0.15, -0.1) is 0 Å². The Morgan fingerprint density at radius 1 is 1.62 bits per heavy atom. The van der Waals surface area contributed by atoms with E-state index in [0.717, 1.165) is 37.9 Å². The summed E-state index contributed by atoms with van der Waals surface area (Å²) < 4.78 is 5.15. The quantitative estimate of drug-likeness (QED) is 0.821. The van der Waals surface area contributed by atoms with Crippen LogP contribution in [0.4, 0.5) is 0 Å². The minimum absolute atomic E-state index is 0.789. The number of hydrogen-bond acceptors (Lipinski definition) is 4. The third-order valence-corrected chi connectivity index (χ3v) is 3.23. The highest BCUT2D eigenvalue weighted by atomic mass is 16.5. The van der Waals surface area contributed by atoms with Crippen LogP contribution >= 0.6 is 0 Å². The summed E-state index contributed by atoms with van der Waals surface area (Å²) >= 11 is 0. The fraction of sp³-hybridized carbons (Fsp3) is 0.750. The highest BCUT2D eigenvalue weighted by molar-refractivity contribution is 4.92. The van der Waals surface area contributed by atoms with Crippen LogP contribution in [0.1, 0.15) is 25.5 Å². The summed E-state index contributed by atoms with van der Waals surface area (Å²) in [6, 6.07) is 1.95. The van der Waals surface area contributed by atoms with Crippen LogP contribution in [-0.4, -0.2) is 36.2 Å². The molecule has 1 aromatic rings. The van der Waals surface area contributed by atoms with Gasteiger partial charge in [0.1, 0.15) is 0 Å². The minimum Gasteiger partial charge on any atom is -0.360 e. The number of aromatic nitrogens is 1. The van der Waals surface area contributed by atoms with E-state index in [1.807, 2.05) is 6.07 Å². The smallest absolute Gasteiger partial charge is 0.150 e. The Bertz CT molecular complexity index is 280. The predicted molar refractivity (Wildman–Crippen MR) is 63.0 cm³/mol. The van der Waals surface area contributed by atoms with Crippen molar-refractivity contribution in [3.05, 3.63) is 18.0 Å². The maximum absolute atomic E-state index is 5.15. The van der Waals surface area contributed by atoms with Gasteiger partial charge in [0.05, 0.1) is 12.7 Å². The molecule has 2 rings (SSSR count). The zero-order valence-electron chi connectivity index (χ0n) is 9.98. The van der Waals surface area contributed by atoms with E-state index in [-0.39, 0.29) is 0 Å². The van der Waals surface area contributed by atoms with E-state index in [0.29, 0.717) is 0 Å². The Balaban J connectivity index is 1.80. The van der Waals surface area contributed by atoms with E-state index in [4.69, 9.17) is 4.52 Å². The molecule has 0 saturated carbocycles. The topological polar surface area (TPSA) is 41.3 Å². The molecule has 0 aromatic carbocycles. The van der Waals surface area contributed by atoms with Gasteiger partial charge in [0.25, 0.3) is 0 Å². The monoisotopic (exact) mass is 223 g/mol. The molecule has 0 bridgehead atoms. The zero-order chi connectivity index (χ0) is 11.2. The summed E-state index contributed by atoms with van der Waals surface area (Å²) in [7, 11) is 0.